The number of thiophene rings is 1. The zero-order valence-corrected chi connectivity index (χ0v) is 12.9. The number of hydrogen-bond acceptors (Lipinski definition) is 2. The van der Waals surface area contributed by atoms with Crippen LogP contribution in [-0.4, -0.2) is 5.91 Å². The van der Waals surface area contributed by atoms with Gasteiger partial charge in [-0.15, -0.1) is 11.3 Å². The second-order valence-electron chi connectivity index (χ2n) is 4.68. The molecule has 1 N–H and O–H groups in total. The molecule has 2 rings (SSSR count). The average Bonchev–Trinajstić information content (AvgIpc) is 2.87. The summed E-state index contributed by atoms with van der Waals surface area (Å²) in [4.78, 5) is 12.8. The number of nitrogens with one attached hydrogen (secondary N) is 1. The molecule has 6 heteroatoms. The average molecular weight is 330 g/mol. The summed E-state index contributed by atoms with van der Waals surface area (Å²) in [5, 5.41) is 2.85. The van der Waals surface area contributed by atoms with Crippen molar-refractivity contribution >= 4 is 28.8 Å². The Bertz CT molecular complexity index is 644. The highest BCUT2D eigenvalue weighted by molar-refractivity contribution is 7.16. The summed E-state index contributed by atoms with van der Waals surface area (Å²) in [6, 6.07) is 7.19. The lowest BCUT2D eigenvalue weighted by molar-refractivity contribution is -0.121. The van der Waals surface area contributed by atoms with Gasteiger partial charge in [0.2, 0.25) is 5.91 Å². The van der Waals surface area contributed by atoms with Crippen LogP contribution in [0.4, 0.5) is 8.78 Å². The Morgan fingerprint density at radius 1 is 1.29 bits per heavy atom. The summed E-state index contributed by atoms with van der Waals surface area (Å²) in [6.45, 7) is 1.87. The van der Waals surface area contributed by atoms with E-state index in [2.05, 4.69) is 5.32 Å². The van der Waals surface area contributed by atoms with Crippen molar-refractivity contribution in [2.45, 2.75) is 25.8 Å². The fourth-order valence-electron chi connectivity index (χ4n) is 1.90. The highest BCUT2D eigenvalue weighted by Gasteiger charge is 2.12. The van der Waals surface area contributed by atoms with Gasteiger partial charge in [-0.3, -0.25) is 4.79 Å². The second-order valence-corrected chi connectivity index (χ2v) is 6.43. The standard InChI is InChI=1S/C15H14ClF2NOS/c1-9(13-5-6-14(16)21-13)19-15(20)7-3-10-2-4-11(17)12(18)8-10/h2,4-6,8-9H,3,7H2,1H3,(H,19,20). The lowest BCUT2D eigenvalue weighted by atomic mass is 10.1. The monoisotopic (exact) mass is 329 g/mol. The molecule has 0 bridgehead atoms. The van der Waals surface area contributed by atoms with Crippen molar-refractivity contribution in [2.24, 2.45) is 0 Å². The van der Waals surface area contributed by atoms with Crippen LogP contribution in [-0.2, 0) is 11.2 Å². The number of benzene rings is 1. The molecule has 0 aliphatic heterocycles. The Hall–Kier alpha value is -1.46. The Balaban J connectivity index is 1.85. The largest absolute Gasteiger partial charge is 0.349 e. The molecular weight excluding hydrogens is 316 g/mol. The number of aryl methyl sites for hydroxylation is 1. The number of rotatable bonds is 5. The molecular formula is C15H14ClF2NOS. The second kappa shape index (κ2) is 7.00. The van der Waals surface area contributed by atoms with E-state index in [0.29, 0.717) is 16.3 Å². The molecule has 0 aliphatic rings. The predicted molar refractivity (Wildman–Crippen MR) is 80.6 cm³/mol. The number of amides is 1. The maximum Gasteiger partial charge on any atom is 0.220 e. The molecule has 0 aliphatic carbocycles. The van der Waals surface area contributed by atoms with Gasteiger partial charge in [0.15, 0.2) is 11.6 Å². The smallest absolute Gasteiger partial charge is 0.220 e. The maximum atomic E-state index is 13.1. The van der Waals surface area contributed by atoms with Crippen molar-refractivity contribution in [3.8, 4) is 0 Å². The third-order valence-electron chi connectivity index (χ3n) is 3.02. The summed E-state index contributed by atoms with van der Waals surface area (Å²) in [5.41, 5.74) is 0.593. The third kappa shape index (κ3) is 4.51. The number of hydrogen-bond donors (Lipinski definition) is 1. The minimum absolute atomic E-state index is 0.125. The Kier molecular flexibility index (Phi) is 5.31. The molecule has 1 heterocycles. The van der Waals surface area contributed by atoms with E-state index >= 15 is 0 Å². The highest BCUT2D eigenvalue weighted by Crippen LogP contribution is 2.26. The predicted octanol–water partition coefficient (Wildman–Crippen LogP) is 4.49. The quantitative estimate of drug-likeness (QED) is 0.860. The van der Waals surface area contributed by atoms with E-state index in [4.69, 9.17) is 11.6 Å². The van der Waals surface area contributed by atoms with Crippen LogP contribution in [0.3, 0.4) is 0 Å². The molecule has 1 aromatic heterocycles. The van der Waals surface area contributed by atoms with Gasteiger partial charge >= 0.3 is 0 Å². The minimum Gasteiger partial charge on any atom is -0.349 e. The van der Waals surface area contributed by atoms with Crippen LogP contribution < -0.4 is 5.32 Å². The highest BCUT2D eigenvalue weighted by atomic mass is 35.5. The van der Waals surface area contributed by atoms with Crippen LogP contribution in [0.25, 0.3) is 0 Å². The summed E-state index contributed by atoms with van der Waals surface area (Å²) < 4.78 is 26.5. The van der Waals surface area contributed by atoms with Gasteiger partial charge in [-0.1, -0.05) is 17.7 Å². The molecule has 112 valence electrons. The Morgan fingerprint density at radius 2 is 2.05 bits per heavy atom. The van der Waals surface area contributed by atoms with Gasteiger partial charge in [-0.2, -0.15) is 0 Å². The van der Waals surface area contributed by atoms with Crippen LogP contribution >= 0.6 is 22.9 Å². The van der Waals surface area contributed by atoms with Gasteiger partial charge in [0.1, 0.15) is 0 Å². The van der Waals surface area contributed by atoms with Crippen molar-refractivity contribution < 1.29 is 13.6 Å². The molecule has 0 radical (unpaired) electrons. The van der Waals surface area contributed by atoms with Gasteiger partial charge in [0, 0.05) is 11.3 Å². The summed E-state index contributed by atoms with van der Waals surface area (Å²) >= 11 is 7.26. The third-order valence-corrected chi connectivity index (χ3v) is 4.44. The first-order chi connectivity index (χ1) is 9.95. The van der Waals surface area contributed by atoms with Crippen molar-refractivity contribution in [1.82, 2.24) is 5.32 Å². The van der Waals surface area contributed by atoms with Crippen LogP contribution in [0.15, 0.2) is 30.3 Å². The number of carbonyl (C=O) groups is 1. The lowest BCUT2D eigenvalue weighted by Crippen LogP contribution is -2.26. The van der Waals surface area contributed by atoms with E-state index in [1.54, 1.807) is 6.07 Å². The van der Waals surface area contributed by atoms with E-state index < -0.39 is 11.6 Å². The van der Waals surface area contributed by atoms with E-state index in [1.807, 2.05) is 13.0 Å². The van der Waals surface area contributed by atoms with E-state index in [1.165, 1.54) is 17.4 Å². The molecule has 0 saturated heterocycles. The Labute approximate surface area is 130 Å². The van der Waals surface area contributed by atoms with Crippen LogP contribution in [0.2, 0.25) is 4.34 Å². The van der Waals surface area contributed by atoms with Gasteiger partial charge in [0.25, 0.3) is 0 Å². The molecule has 1 atom stereocenters. The normalized spacial score (nSPS) is 12.2. The zero-order valence-electron chi connectivity index (χ0n) is 11.3. The fraction of sp³-hybridized carbons (Fsp3) is 0.267. The van der Waals surface area contributed by atoms with E-state index in [9.17, 15) is 13.6 Å². The van der Waals surface area contributed by atoms with Gasteiger partial charge in [-0.25, -0.2) is 8.78 Å². The molecule has 2 aromatic rings. The lowest BCUT2D eigenvalue weighted by Gasteiger charge is -2.12. The Morgan fingerprint density at radius 3 is 2.67 bits per heavy atom. The minimum atomic E-state index is -0.894. The SMILES string of the molecule is CC(NC(=O)CCc1ccc(F)c(F)c1)c1ccc(Cl)s1. The molecule has 0 spiro atoms. The summed E-state index contributed by atoms with van der Waals surface area (Å²) in [5.74, 6) is -1.92. The summed E-state index contributed by atoms with van der Waals surface area (Å²) in [7, 11) is 0. The molecule has 0 saturated carbocycles. The van der Waals surface area contributed by atoms with Gasteiger partial charge in [0.05, 0.1) is 10.4 Å². The van der Waals surface area contributed by atoms with E-state index in [-0.39, 0.29) is 18.4 Å². The number of carbonyl (C=O) groups excluding carboxylic acids is 1. The van der Waals surface area contributed by atoms with Crippen molar-refractivity contribution in [1.29, 1.82) is 0 Å². The first kappa shape index (κ1) is 15.9. The van der Waals surface area contributed by atoms with Crippen molar-refractivity contribution in [3.05, 3.63) is 56.7 Å². The van der Waals surface area contributed by atoms with Gasteiger partial charge < -0.3 is 5.32 Å². The first-order valence-corrected chi connectivity index (χ1v) is 7.63. The summed E-state index contributed by atoms with van der Waals surface area (Å²) in [6.07, 6.45) is 0.579. The molecule has 1 amide bonds. The number of halogens is 3. The van der Waals surface area contributed by atoms with Crippen LogP contribution in [0, 0.1) is 11.6 Å². The topological polar surface area (TPSA) is 29.1 Å². The van der Waals surface area contributed by atoms with Crippen LogP contribution in [0.5, 0.6) is 0 Å². The molecule has 21 heavy (non-hydrogen) atoms. The molecule has 1 aromatic carbocycles. The molecule has 0 fully saturated rings. The van der Waals surface area contributed by atoms with Gasteiger partial charge in [-0.05, 0) is 43.2 Å². The zero-order chi connectivity index (χ0) is 15.4. The first-order valence-electron chi connectivity index (χ1n) is 6.44. The van der Waals surface area contributed by atoms with E-state index in [0.717, 1.165) is 17.0 Å². The molecule has 1 unspecified atom stereocenters. The van der Waals surface area contributed by atoms with Crippen LogP contribution in [0.1, 0.15) is 29.8 Å². The fourth-order valence-corrected chi connectivity index (χ4v) is 2.96. The molecule has 2 nitrogen and oxygen atoms in total. The van der Waals surface area contributed by atoms with Crippen molar-refractivity contribution in [3.63, 3.8) is 0 Å². The maximum absolute atomic E-state index is 13.1. The van der Waals surface area contributed by atoms with Crippen molar-refractivity contribution in [2.75, 3.05) is 0 Å².